The molecule has 1 aromatic rings. The van der Waals surface area contributed by atoms with Crippen molar-refractivity contribution in [2.24, 2.45) is 0 Å². The number of hydrogen-bond donors (Lipinski definition) is 1. The van der Waals surface area contributed by atoms with Gasteiger partial charge in [0.05, 0.1) is 32.3 Å². The standard InChI is InChI=1S/C22H27NO5/c1-5-12-28-22(25)18-13(2)23-15-9-7-10-16(24)20(15)19(18)14-8-6-11-17(26-3)21(14)27-4/h6,8,11,19,23H,5,7,9-10,12H2,1-4H3/t19-/m0/s1. The molecule has 0 radical (unpaired) electrons. The molecule has 0 spiro atoms. The van der Waals surface area contributed by atoms with Gasteiger partial charge in [-0.2, -0.15) is 0 Å². The highest BCUT2D eigenvalue weighted by atomic mass is 16.5. The molecule has 1 N–H and O–H groups in total. The van der Waals surface area contributed by atoms with E-state index in [1.165, 1.54) is 0 Å². The molecule has 0 unspecified atom stereocenters. The van der Waals surface area contributed by atoms with E-state index < -0.39 is 11.9 Å². The van der Waals surface area contributed by atoms with E-state index in [4.69, 9.17) is 14.2 Å². The molecule has 6 nitrogen and oxygen atoms in total. The predicted molar refractivity (Wildman–Crippen MR) is 105 cm³/mol. The van der Waals surface area contributed by atoms with Gasteiger partial charge in [-0.3, -0.25) is 4.79 Å². The van der Waals surface area contributed by atoms with Crippen LogP contribution >= 0.6 is 0 Å². The fraction of sp³-hybridized carbons (Fsp3) is 0.455. The summed E-state index contributed by atoms with van der Waals surface area (Å²) in [7, 11) is 3.13. The summed E-state index contributed by atoms with van der Waals surface area (Å²) in [6.45, 7) is 4.13. The van der Waals surface area contributed by atoms with Crippen LogP contribution in [-0.4, -0.2) is 32.6 Å². The van der Waals surface area contributed by atoms with Crippen molar-refractivity contribution in [3.05, 3.63) is 46.3 Å². The van der Waals surface area contributed by atoms with Crippen LogP contribution in [0.3, 0.4) is 0 Å². The van der Waals surface area contributed by atoms with Gasteiger partial charge in [-0.25, -0.2) is 4.79 Å². The van der Waals surface area contributed by atoms with Gasteiger partial charge >= 0.3 is 5.97 Å². The van der Waals surface area contributed by atoms with E-state index in [9.17, 15) is 9.59 Å². The highest BCUT2D eigenvalue weighted by molar-refractivity contribution is 6.04. The van der Waals surface area contributed by atoms with Crippen molar-refractivity contribution in [2.75, 3.05) is 20.8 Å². The summed E-state index contributed by atoms with van der Waals surface area (Å²) in [6, 6.07) is 5.52. The van der Waals surface area contributed by atoms with E-state index >= 15 is 0 Å². The average Bonchev–Trinajstić information content (AvgIpc) is 2.70. The molecule has 3 rings (SSSR count). The first kappa shape index (κ1) is 20.0. The Morgan fingerprint density at radius 1 is 1.21 bits per heavy atom. The van der Waals surface area contributed by atoms with Gasteiger partial charge in [0.2, 0.25) is 0 Å². The van der Waals surface area contributed by atoms with Crippen LogP contribution in [0.15, 0.2) is 40.7 Å². The van der Waals surface area contributed by atoms with E-state index in [2.05, 4.69) is 5.32 Å². The lowest BCUT2D eigenvalue weighted by Crippen LogP contribution is -2.34. The van der Waals surface area contributed by atoms with Crippen molar-refractivity contribution in [2.45, 2.75) is 45.4 Å². The van der Waals surface area contributed by atoms with Crippen molar-refractivity contribution < 1.29 is 23.8 Å². The average molecular weight is 385 g/mol. The Bertz CT molecular complexity index is 852. The molecular formula is C22H27NO5. The van der Waals surface area contributed by atoms with Crippen LogP contribution in [0.25, 0.3) is 0 Å². The number of dihydropyridines is 1. The largest absolute Gasteiger partial charge is 0.493 e. The summed E-state index contributed by atoms with van der Waals surface area (Å²) in [5, 5.41) is 3.29. The van der Waals surface area contributed by atoms with Crippen LogP contribution in [0.2, 0.25) is 0 Å². The number of Topliss-reactive ketones (excluding diaryl/α,β-unsaturated/α-hetero) is 1. The first-order valence-corrected chi connectivity index (χ1v) is 9.65. The van der Waals surface area contributed by atoms with Crippen LogP contribution in [-0.2, 0) is 14.3 Å². The fourth-order valence-corrected chi connectivity index (χ4v) is 3.98. The number of ether oxygens (including phenoxy) is 3. The highest BCUT2D eigenvalue weighted by Gasteiger charge is 2.40. The Morgan fingerprint density at radius 3 is 2.68 bits per heavy atom. The normalized spacial score (nSPS) is 19.1. The number of esters is 1. The van der Waals surface area contributed by atoms with Crippen molar-refractivity contribution in [3.63, 3.8) is 0 Å². The number of benzene rings is 1. The summed E-state index contributed by atoms with van der Waals surface area (Å²) in [5.74, 6) is 0.181. The quantitative estimate of drug-likeness (QED) is 0.754. The summed E-state index contributed by atoms with van der Waals surface area (Å²) >= 11 is 0. The van der Waals surface area contributed by atoms with Crippen LogP contribution in [0, 0.1) is 0 Å². The van der Waals surface area contributed by atoms with Crippen molar-refractivity contribution >= 4 is 11.8 Å². The topological polar surface area (TPSA) is 73.9 Å². The smallest absolute Gasteiger partial charge is 0.336 e. The van der Waals surface area contributed by atoms with Crippen molar-refractivity contribution in [1.82, 2.24) is 5.32 Å². The molecule has 2 aliphatic rings. The predicted octanol–water partition coefficient (Wildman–Crippen LogP) is 3.62. The second-order valence-electron chi connectivity index (χ2n) is 6.98. The third kappa shape index (κ3) is 3.51. The molecule has 0 fully saturated rings. The molecule has 6 heteroatoms. The number of rotatable bonds is 6. The zero-order valence-electron chi connectivity index (χ0n) is 16.9. The van der Waals surface area contributed by atoms with Gasteiger partial charge in [0, 0.05) is 29.0 Å². The number of para-hydroxylation sites is 1. The lowest BCUT2D eigenvalue weighted by atomic mass is 9.75. The summed E-state index contributed by atoms with van der Waals surface area (Å²) < 4.78 is 16.5. The zero-order valence-corrected chi connectivity index (χ0v) is 16.9. The van der Waals surface area contributed by atoms with Crippen LogP contribution in [0.4, 0.5) is 0 Å². The Hall–Kier alpha value is -2.76. The van der Waals surface area contributed by atoms with Gasteiger partial charge in [-0.15, -0.1) is 0 Å². The van der Waals surface area contributed by atoms with E-state index in [0.29, 0.717) is 41.4 Å². The molecule has 0 amide bonds. The molecule has 1 aliphatic heterocycles. The van der Waals surface area contributed by atoms with Gasteiger partial charge in [-0.05, 0) is 32.3 Å². The molecule has 28 heavy (non-hydrogen) atoms. The Kier molecular flexibility index (Phi) is 6.07. The number of carbonyl (C=O) groups is 2. The molecule has 0 saturated carbocycles. The minimum absolute atomic E-state index is 0.0527. The second kappa shape index (κ2) is 8.50. The molecule has 150 valence electrons. The molecule has 1 heterocycles. The third-order valence-electron chi connectivity index (χ3n) is 5.18. The highest BCUT2D eigenvalue weighted by Crippen LogP contribution is 2.47. The maximum Gasteiger partial charge on any atom is 0.336 e. The monoisotopic (exact) mass is 385 g/mol. The molecule has 0 saturated heterocycles. The first-order valence-electron chi connectivity index (χ1n) is 9.65. The molecule has 1 aliphatic carbocycles. The summed E-state index contributed by atoms with van der Waals surface area (Å²) in [5.41, 5.74) is 3.41. The number of methoxy groups -OCH3 is 2. The van der Waals surface area contributed by atoms with Gasteiger partial charge in [0.15, 0.2) is 17.3 Å². The van der Waals surface area contributed by atoms with E-state index in [1.807, 2.05) is 26.0 Å². The van der Waals surface area contributed by atoms with Crippen LogP contribution in [0.5, 0.6) is 11.5 Å². The van der Waals surface area contributed by atoms with Crippen LogP contribution < -0.4 is 14.8 Å². The minimum atomic E-state index is -0.543. The Labute approximate surface area is 165 Å². The minimum Gasteiger partial charge on any atom is -0.493 e. The van der Waals surface area contributed by atoms with E-state index in [1.54, 1.807) is 20.3 Å². The zero-order chi connectivity index (χ0) is 20.3. The fourth-order valence-electron chi connectivity index (χ4n) is 3.98. The van der Waals surface area contributed by atoms with Gasteiger partial charge in [0.1, 0.15) is 0 Å². The SMILES string of the molecule is CCCOC(=O)C1=C(C)NC2=C(C(=O)CCC2)[C@H]1c1cccc(OC)c1OC. The molecular weight excluding hydrogens is 358 g/mol. The van der Waals surface area contributed by atoms with E-state index in [0.717, 1.165) is 30.5 Å². The van der Waals surface area contributed by atoms with Crippen molar-refractivity contribution in [3.8, 4) is 11.5 Å². The number of nitrogens with one attached hydrogen (secondary N) is 1. The number of hydrogen-bond acceptors (Lipinski definition) is 6. The lowest BCUT2D eigenvalue weighted by Gasteiger charge is -2.34. The second-order valence-corrected chi connectivity index (χ2v) is 6.98. The van der Waals surface area contributed by atoms with Crippen molar-refractivity contribution in [1.29, 1.82) is 0 Å². The number of ketones is 1. The molecule has 1 atom stereocenters. The lowest BCUT2D eigenvalue weighted by molar-refractivity contribution is -0.139. The van der Waals surface area contributed by atoms with E-state index in [-0.39, 0.29) is 5.78 Å². The van der Waals surface area contributed by atoms with Gasteiger partial charge < -0.3 is 19.5 Å². The summed E-state index contributed by atoms with van der Waals surface area (Å²) in [6.07, 6.45) is 2.78. The number of carbonyl (C=O) groups excluding carboxylic acids is 2. The van der Waals surface area contributed by atoms with Gasteiger partial charge in [-0.1, -0.05) is 19.1 Å². The maximum absolute atomic E-state index is 13.0. The molecule has 0 bridgehead atoms. The summed E-state index contributed by atoms with van der Waals surface area (Å²) in [4.78, 5) is 25.9. The molecule has 1 aromatic carbocycles. The Morgan fingerprint density at radius 2 is 2.00 bits per heavy atom. The first-order chi connectivity index (χ1) is 13.5. The Balaban J connectivity index is 2.21. The van der Waals surface area contributed by atoms with Crippen LogP contribution in [0.1, 0.15) is 51.0 Å². The molecule has 0 aromatic heterocycles. The number of allylic oxidation sites excluding steroid dienone is 3. The van der Waals surface area contributed by atoms with Gasteiger partial charge in [0.25, 0.3) is 0 Å². The third-order valence-corrected chi connectivity index (χ3v) is 5.18. The maximum atomic E-state index is 13.0.